The van der Waals surface area contributed by atoms with Crippen molar-refractivity contribution in [3.63, 3.8) is 0 Å². The number of amidine groups is 1. The van der Waals surface area contributed by atoms with Gasteiger partial charge in [0.25, 0.3) is 0 Å². The van der Waals surface area contributed by atoms with Gasteiger partial charge in [0.05, 0.1) is 17.5 Å². The molecule has 5 nitrogen and oxygen atoms in total. The van der Waals surface area contributed by atoms with E-state index in [2.05, 4.69) is 4.99 Å². The number of sulfone groups is 1. The van der Waals surface area contributed by atoms with Gasteiger partial charge in [-0.25, -0.2) is 8.42 Å². The zero-order valence-corrected chi connectivity index (χ0v) is 15.7. The van der Waals surface area contributed by atoms with Gasteiger partial charge in [0.1, 0.15) is 0 Å². The molecule has 130 valence electrons. The molecule has 7 heteroatoms. The minimum Gasteiger partial charge on any atom is -0.315 e. The standard InChI is InChI=1S/C17H22N2O3S2/c1-11(2)8-16(20)18-17-19(13-7-5-4-6-12(13)3)14-9-24(21,22)10-15(14)23-17/h4-7,11,14-15H,8-10H2,1-3H3. The van der Waals surface area contributed by atoms with Crippen LogP contribution in [0.15, 0.2) is 29.3 Å². The molecule has 0 aromatic heterocycles. The molecular weight excluding hydrogens is 344 g/mol. The molecule has 0 bridgehead atoms. The van der Waals surface area contributed by atoms with E-state index in [4.69, 9.17) is 0 Å². The SMILES string of the molecule is Cc1ccccc1N1C(=NC(=O)CC(C)C)SC2CS(=O)(=O)CC21. The average Bonchev–Trinajstić information content (AvgIpc) is 2.90. The highest BCUT2D eigenvalue weighted by Crippen LogP contribution is 2.41. The van der Waals surface area contributed by atoms with Crippen LogP contribution in [0.5, 0.6) is 0 Å². The Hall–Kier alpha value is -1.34. The van der Waals surface area contributed by atoms with Crippen molar-refractivity contribution in [3.05, 3.63) is 29.8 Å². The van der Waals surface area contributed by atoms with E-state index >= 15 is 0 Å². The smallest absolute Gasteiger partial charge is 0.248 e. The molecule has 2 aliphatic heterocycles. The Kier molecular flexibility index (Phi) is 4.75. The fraction of sp³-hybridized carbons (Fsp3) is 0.529. The summed E-state index contributed by atoms with van der Waals surface area (Å²) in [5.41, 5.74) is 1.98. The van der Waals surface area contributed by atoms with E-state index in [0.29, 0.717) is 11.6 Å². The maximum absolute atomic E-state index is 12.2. The second kappa shape index (κ2) is 6.52. The molecule has 0 saturated carbocycles. The Balaban J connectivity index is 1.99. The molecule has 0 aliphatic carbocycles. The van der Waals surface area contributed by atoms with E-state index in [-0.39, 0.29) is 34.6 Å². The molecule has 2 atom stereocenters. The van der Waals surface area contributed by atoms with E-state index in [1.807, 2.05) is 49.9 Å². The Morgan fingerprint density at radius 1 is 1.33 bits per heavy atom. The highest BCUT2D eigenvalue weighted by atomic mass is 32.2. The summed E-state index contributed by atoms with van der Waals surface area (Å²) in [6.07, 6.45) is 0.402. The molecule has 2 aliphatic rings. The van der Waals surface area contributed by atoms with Gasteiger partial charge in [0.15, 0.2) is 15.0 Å². The van der Waals surface area contributed by atoms with Gasteiger partial charge >= 0.3 is 0 Å². The summed E-state index contributed by atoms with van der Waals surface area (Å²) in [7, 11) is -3.03. The van der Waals surface area contributed by atoms with Gasteiger partial charge in [-0.1, -0.05) is 43.8 Å². The van der Waals surface area contributed by atoms with Crippen LogP contribution in [0.25, 0.3) is 0 Å². The number of para-hydroxylation sites is 1. The molecule has 24 heavy (non-hydrogen) atoms. The van der Waals surface area contributed by atoms with Crippen molar-refractivity contribution in [3.8, 4) is 0 Å². The maximum atomic E-state index is 12.2. The highest BCUT2D eigenvalue weighted by molar-refractivity contribution is 8.16. The first-order valence-corrected chi connectivity index (χ1v) is 10.8. The number of aryl methyl sites for hydroxylation is 1. The third-order valence-electron chi connectivity index (χ3n) is 4.24. The molecular formula is C17H22N2O3S2. The van der Waals surface area contributed by atoms with Gasteiger partial charge in [-0.2, -0.15) is 4.99 Å². The van der Waals surface area contributed by atoms with Crippen molar-refractivity contribution in [1.82, 2.24) is 0 Å². The number of benzene rings is 1. The Bertz CT molecular complexity index is 787. The van der Waals surface area contributed by atoms with Crippen LogP contribution < -0.4 is 4.90 Å². The number of hydrogen-bond acceptors (Lipinski definition) is 4. The molecule has 2 fully saturated rings. The maximum Gasteiger partial charge on any atom is 0.248 e. The van der Waals surface area contributed by atoms with Crippen LogP contribution in [0.1, 0.15) is 25.8 Å². The second-order valence-corrected chi connectivity index (χ2v) is 10.2. The largest absolute Gasteiger partial charge is 0.315 e. The highest BCUT2D eigenvalue weighted by Gasteiger charge is 2.49. The summed E-state index contributed by atoms with van der Waals surface area (Å²) in [6.45, 7) is 5.96. The lowest BCUT2D eigenvalue weighted by Crippen LogP contribution is -2.38. The van der Waals surface area contributed by atoms with Crippen LogP contribution in [0.3, 0.4) is 0 Å². The molecule has 1 aromatic rings. The van der Waals surface area contributed by atoms with Crippen molar-refractivity contribution in [2.24, 2.45) is 10.9 Å². The van der Waals surface area contributed by atoms with E-state index < -0.39 is 9.84 Å². The lowest BCUT2D eigenvalue weighted by Gasteiger charge is -2.26. The second-order valence-electron chi connectivity index (χ2n) is 6.84. The molecule has 1 aromatic carbocycles. The van der Waals surface area contributed by atoms with Crippen molar-refractivity contribution in [1.29, 1.82) is 0 Å². The molecule has 3 rings (SSSR count). The van der Waals surface area contributed by atoms with Crippen molar-refractivity contribution < 1.29 is 13.2 Å². The Morgan fingerprint density at radius 3 is 2.71 bits per heavy atom. The number of carbonyl (C=O) groups is 1. The van der Waals surface area contributed by atoms with Crippen LogP contribution >= 0.6 is 11.8 Å². The quantitative estimate of drug-likeness (QED) is 0.823. The van der Waals surface area contributed by atoms with Gasteiger partial charge in [-0.15, -0.1) is 0 Å². The van der Waals surface area contributed by atoms with Crippen molar-refractivity contribution in [2.75, 3.05) is 16.4 Å². The van der Waals surface area contributed by atoms with Gasteiger partial charge in [-0.05, 0) is 24.5 Å². The monoisotopic (exact) mass is 366 g/mol. The van der Waals surface area contributed by atoms with Crippen molar-refractivity contribution in [2.45, 2.75) is 38.5 Å². The van der Waals surface area contributed by atoms with E-state index in [1.165, 1.54) is 11.8 Å². The normalized spacial score (nSPS) is 27.0. The number of thioether (sulfide) groups is 1. The molecule has 2 saturated heterocycles. The van der Waals surface area contributed by atoms with Crippen LogP contribution in [-0.2, 0) is 14.6 Å². The third-order valence-corrected chi connectivity index (χ3v) is 7.45. The lowest BCUT2D eigenvalue weighted by molar-refractivity contribution is -0.118. The molecule has 0 spiro atoms. The van der Waals surface area contributed by atoms with E-state index in [9.17, 15) is 13.2 Å². The summed E-state index contributed by atoms with van der Waals surface area (Å²) in [6, 6.07) is 7.69. The molecule has 0 radical (unpaired) electrons. The average molecular weight is 367 g/mol. The number of carbonyl (C=O) groups excluding carboxylic acids is 1. The zero-order valence-electron chi connectivity index (χ0n) is 14.1. The van der Waals surface area contributed by atoms with Crippen LogP contribution in [0.4, 0.5) is 5.69 Å². The predicted octanol–water partition coefficient (Wildman–Crippen LogP) is 2.64. The van der Waals surface area contributed by atoms with E-state index in [1.54, 1.807) is 0 Å². The number of anilines is 1. The first kappa shape index (κ1) is 17.5. The Labute approximate surface area is 147 Å². The molecule has 2 unspecified atom stereocenters. The summed E-state index contributed by atoms with van der Waals surface area (Å²) < 4.78 is 24.1. The summed E-state index contributed by atoms with van der Waals surface area (Å²) in [4.78, 5) is 18.5. The van der Waals surface area contributed by atoms with Gasteiger partial charge < -0.3 is 4.90 Å². The number of fused-ring (bicyclic) bond motifs is 1. The molecule has 0 N–H and O–H groups in total. The number of hydrogen-bond donors (Lipinski definition) is 0. The minimum atomic E-state index is -3.03. The lowest BCUT2D eigenvalue weighted by atomic mass is 10.1. The van der Waals surface area contributed by atoms with Gasteiger partial charge in [0.2, 0.25) is 5.91 Å². The zero-order chi connectivity index (χ0) is 17.5. The first-order valence-electron chi connectivity index (χ1n) is 8.10. The van der Waals surface area contributed by atoms with Crippen LogP contribution in [0.2, 0.25) is 0 Å². The number of amides is 1. The fourth-order valence-electron chi connectivity index (χ4n) is 3.18. The minimum absolute atomic E-state index is 0.0554. The summed E-state index contributed by atoms with van der Waals surface area (Å²) in [5.74, 6) is 0.382. The van der Waals surface area contributed by atoms with E-state index in [0.717, 1.165) is 11.3 Å². The summed E-state index contributed by atoms with van der Waals surface area (Å²) in [5, 5.41) is 0.583. The fourth-order valence-corrected chi connectivity index (χ4v) is 7.11. The summed E-state index contributed by atoms with van der Waals surface area (Å²) >= 11 is 1.43. The number of rotatable bonds is 3. The topological polar surface area (TPSA) is 66.8 Å². The van der Waals surface area contributed by atoms with Crippen molar-refractivity contribution >= 4 is 38.4 Å². The third kappa shape index (κ3) is 3.52. The van der Waals surface area contributed by atoms with Crippen LogP contribution in [-0.4, -0.2) is 42.3 Å². The van der Waals surface area contributed by atoms with Gasteiger partial charge in [0, 0.05) is 17.4 Å². The first-order chi connectivity index (χ1) is 11.3. The van der Waals surface area contributed by atoms with Gasteiger partial charge in [-0.3, -0.25) is 4.79 Å². The predicted molar refractivity (Wildman–Crippen MR) is 99.4 cm³/mol. The number of nitrogens with zero attached hydrogens (tertiary/aromatic N) is 2. The Morgan fingerprint density at radius 2 is 2.04 bits per heavy atom. The molecule has 2 heterocycles. The number of aliphatic imine (C=N–C) groups is 1. The van der Waals surface area contributed by atoms with Crippen LogP contribution in [0, 0.1) is 12.8 Å². The molecule has 1 amide bonds.